The van der Waals surface area contributed by atoms with E-state index in [0.717, 1.165) is 0 Å². The summed E-state index contributed by atoms with van der Waals surface area (Å²) in [5.74, 6) is -1.49. The van der Waals surface area contributed by atoms with E-state index in [0.29, 0.717) is 12.0 Å². The van der Waals surface area contributed by atoms with Gasteiger partial charge >= 0.3 is 11.9 Å². The van der Waals surface area contributed by atoms with Gasteiger partial charge in [-0.3, -0.25) is 4.79 Å². The van der Waals surface area contributed by atoms with Crippen LogP contribution in [0.15, 0.2) is 42.5 Å². The van der Waals surface area contributed by atoms with Gasteiger partial charge in [-0.1, -0.05) is 30.4 Å². The van der Waals surface area contributed by atoms with E-state index in [4.69, 9.17) is 15.6 Å². The van der Waals surface area contributed by atoms with Crippen molar-refractivity contribution < 1.29 is 19.4 Å². The lowest BCUT2D eigenvalue weighted by molar-refractivity contribution is -0.137. The summed E-state index contributed by atoms with van der Waals surface area (Å²) in [6.07, 6.45) is 3.37. The minimum absolute atomic E-state index is 0.191. The Hall–Kier alpha value is -2.14. The van der Waals surface area contributed by atoms with Gasteiger partial charge in [0, 0.05) is 0 Å². The molecular formula is C13H15NO4. The molecule has 1 aromatic carbocycles. The molecule has 0 amide bonds. The van der Waals surface area contributed by atoms with E-state index in [1.807, 2.05) is 6.07 Å². The quantitative estimate of drug-likeness (QED) is 0.449. The molecule has 1 atom stereocenters. The molecule has 96 valence electrons. The molecule has 1 aromatic rings. The van der Waals surface area contributed by atoms with Crippen molar-refractivity contribution in [3.05, 3.63) is 48.0 Å². The highest BCUT2D eigenvalue weighted by Crippen LogP contribution is 2.01. The highest BCUT2D eigenvalue weighted by Gasteiger charge is 2.06. The number of carbonyl (C=O) groups is 2. The summed E-state index contributed by atoms with van der Waals surface area (Å²) in [5, 5.41) is 8.51. The number of hydrogen-bond acceptors (Lipinski definition) is 4. The Kier molecular flexibility index (Phi) is 5.60. The molecule has 0 saturated carbocycles. The highest BCUT2D eigenvalue weighted by atomic mass is 16.5. The predicted octanol–water partition coefficient (Wildman–Crippen LogP) is 1.20. The summed E-state index contributed by atoms with van der Waals surface area (Å²) in [6, 6.07) is 7.63. The number of nitrogens with two attached hydrogens (primary N) is 1. The average molecular weight is 249 g/mol. The van der Waals surface area contributed by atoms with E-state index in [-0.39, 0.29) is 6.61 Å². The average Bonchev–Trinajstić information content (AvgIpc) is 2.38. The maximum absolute atomic E-state index is 11.5. The fraction of sp³-hybridized carbons (Fsp3) is 0.231. The molecule has 0 saturated heterocycles. The third-order valence-corrected chi connectivity index (χ3v) is 2.16. The molecule has 3 N–H and O–H groups in total. The lowest BCUT2D eigenvalue weighted by Gasteiger charge is -2.02. The van der Waals surface area contributed by atoms with Crippen LogP contribution in [0.4, 0.5) is 0 Å². The summed E-state index contributed by atoms with van der Waals surface area (Å²) in [5.41, 5.74) is 5.75. The molecule has 0 aliphatic heterocycles. The number of hydrogen-bond donors (Lipinski definition) is 2. The second-order valence-corrected chi connectivity index (χ2v) is 3.58. The van der Waals surface area contributed by atoms with E-state index >= 15 is 0 Å². The number of esters is 1. The molecule has 1 rings (SSSR count). The number of aliphatic carboxylic acids is 1. The van der Waals surface area contributed by atoms with Gasteiger partial charge in [0.15, 0.2) is 0 Å². The summed E-state index contributed by atoms with van der Waals surface area (Å²) in [4.78, 5) is 21.9. The van der Waals surface area contributed by atoms with Crippen LogP contribution < -0.4 is 5.73 Å². The monoisotopic (exact) mass is 249 g/mol. The van der Waals surface area contributed by atoms with Crippen LogP contribution in [0.1, 0.15) is 16.8 Å². The van der Waals surface area contributed by atoms with Crippen molar-refractivity contribution in [1.82, 2.24) is 0 Å². The van der Waals surface area contributed by atoms with Crippen molar-refractivity contribution in [2.45, 2.75) is 12.5 Å². The van der Waals surface area contributed by atoms with E-state index in [1.165, 1.54) is 6.08 Å². The molecule has 0 unspecified atom stereocenters. The molecule has 5 nitrogen and oxygen atoms in total. The Bertz CT molecular complexity index is 428. The third-order valence-electron chi connectivity index (χ3n) is 2.16. The van der Waals surface area contributed by atoms with Crippen LogP contribution in [0.2, 0.25) is 0 Å². The first-order valence-electron chi connectivity index (χ1n) is 5.48. The minimum Gasteiger partial charge on any atom is -0.480 e. The molecular weight excluding hydrogens is 234 g/mol. The number of rotatable bonds is 6. The van der Waals surface area contributed by atoms with Crippen molar-refractivity contribution >= 4 is 11.9 Å². The summed E-state index contributed by atoms with van der Waals surface area (Å²) >= 11 is 0. The maximum Gasteiger partial charge on any atom is 0.338 e. The number of carboxylic acids is 1. The first-order chi connectivity index (χ1) is 8.61. The number of carbonyl (C=O) groups excluding carboxylic acids is 1. The molecule has 0 heterocycles. The fourth-order valence-electron chi connectivity index (χ4n) is 1.20. The number of carboxylic acid groups (broad SMARTS) is 1. The molecule has 0 radical (unpaired) electrons. The van der Waals surface area contributed by atoms with E-state index in [9.17, 15) is 9.59 Å². The highest BCUT2D eigenvalue weighted by molar-refractivity contribution is 5.89. The van der Waals surface area contributed by atoms with Gasteiger partial charge in [0.25, 0.3) is 0 Å². The standard InChI is InChI=1S/C13H15NO4/c14-11(12(15)16)8-4-5-9-18-13(17)10-6-2-1-3-7-10/h1-4,6-8,11H,5,9,14H2,(H,15,16)/b8-4+/t11-/m1/s1. The van der Waals surface area contributed by atoms with Crippen LogP contribution >= 0.6 is 0 Å². The second-order valence-electron chi connectivity index (χ2n) is 3.58. The first kappa shape index (κ1) is 13.9. The molecule has 0 aliphatic rings. The fourth-order valence-corrected chi connectivity index (χ4v) is 1.20. The van der Waals surface area contributed by atoms with Crippen LogP contribution in [-0.4, -0.2) is 29.7 Å². The van der Waals surface area contributed by atoms with Crippen molar-refractivity contribution in [3.63, 3.8) is 0 Å². The zero-order valence-electron chi connectivity index (χ0n) is 9.78. The molecule has 5 heteroatoms. The zero-order chi connectivity index (χ0) is 13.4. The lowest BCUT2D eigenvalue weighted by atomic mass is 10.2. The van der Waals surface area contributed by atoms with E-state index < -0.39 is 18.0 Å². The molecule has 0 spiro atoms. The van der Waals surface area contributed by atoms with Crippen molar-refractivity contribution in [2.75, 3.05) is 6.61 Å². The largest absolute Gasteiger partial charge is 0.480 e. The van der Waals surface area contributed by atoms with Crippen LogP contribution in [0.5, 0.6) is 0 Å². The predicted molar refractivity (Wildman–Crippen MR) is 66.1 cm³/mol. The Morgan fingerprint density at radius 1 is 1.33 bits per heavy atom. The van der Waals surface area contributed by atoms with Crippen molar-refractivity contribution in [1.29, 1.82) is 0 Å². The van der Waals surface area contributed by atoms with Gasteiger partial charge in [0.05, 0.1) is 12.2 Å². The van der Waals surface area contributed by atoms with Crippen molar-refractivity contribution in [3.8, 4) is 0 Å². The van der Waals surface area contributed by atoms with Gasteiger partial charge in [0.1, 0.15) is 6.04 Å². The SMILES string of the molecule is N[C@H](/C=C/CCOC(=O)c1ccccc1)C(=O)O. The van der Waals surface area contributed by atoms with Crippen LogP contribution in [0, 0.1) is 0 Å². The summed E-state index contributed by atoms with van der Waals surface area (Å²) in [6.45, 7) is 0.191. The minimum atomic E-state index is -1.09. The van der Waals surface area contributed by atoms with Crippen LogP contribution in [-0.2, 0) is 9.53 Å². The molecule has 0 fully saturated rings. The molecule has 18 heavy (non-hydrogen) atoms. The lowest BCUT2D eigenvalue weighted by Crippen LogP contribution is -2.27. The Morgan fingerprint density at radius 2 is 2.00 bits per heavy atom. The zero-order valence-corrected chi connectivity index (χ0v) is 9.78. The maximum atomic E-state index is 11.5. The van der Waals surface area contributed by atoms with Gasteiger partial charge < -0.3 is 15.6 Å². The van der Waals surface area contributed by atoms with Gasteiger partial charge in [0.2, 0.25) is 0 Å². The Morgan fingerprint density at radius 3 is 2.61 bits per heavy atom. The smallest absolute Gasteiger partial charge is 0.338 e. The Balaban J connectivity index is 2.27. The normalized spacial score (nSPS) is 12.3. The van der Waals surface area contributed by atoms with E-state index in [2.05, 4.69) is 0 Å². The van der Waals surface area contributed by atoms with Gasteiger partial charge in [-0.25, -0.2) is 4.79 Å². The molecule has 0 aromatic heterocycles. The van der Waals surface area contributed by atoms with Crippen molar-refractivity contribution in [2.24, 2.45) is 5.73 Å². The number of ether oxygens (including phenoxy) is 1. The summed E-state index contributed by atoms with van der Waals surface area (Å²) < 4.78 is 4.99. The van der Waals surface area contributed by atoms with Crippen LogP contribution in [0.3, 0.4) is 0 Å². The summed E-state index contributed by atoms with van der Waals surface area (Å²) in [7, 11) is 0. The molecule has 0 aliphatic carbocycles. The molecule has 0 bridgehead atoms. The van der Waals surface area contributed by atoms with Gasteiger partial charge in [-0.05, 0) is 18.6 Å². The van der Waals surface area contributed by atoms with E-state index in [1.54, 1.807) is 30.3 Å². The second kappa shape index (κ2) is 7.24. The topological polar surface area (TPSA) is 89.6 Å². The Labute approximate surface area is 105 Å². The van der Waals surface area contributed by atoms with Crippen LogP contribution in [0.25, 0.3) is 0 Å². The number of benzene rings is 1. The third kappa shape index (κ3) is 4.80. The van der Waals surface area contributed by atoms with Gasteiger partial charge in [-0.2, -0.15) is 0 Å². The van der Waals surface area contributed by atoms with Gasteiger partial charge in [-0.15, -0.1) is 0 Å². The first-order valence-corrected chi connectivity index (χ1v) is 5.48.